The fourth-order valence-corrected chi connectivity index (χ4v) is 5.74. The molecule has 11 heteroatoms. The number of rotatable bonds is 6. The molecule has 0 saturated carbocycles. The Balaban J connectivity index is 1.21. The minimum Gasteiger partial charge on any atom is -0.482 e. The normalized spacial score (nSPS) is 12.8. The molecule has 0 spiro atoms. The van der Waals surface area contributed by atoms with Gasteiger partial charge in [0.15, 0.2) is 6.61 Å². The number of carbonyl (C=O) groups excluding carboxylic acids is 2. The SMILES string of the molecule is O=C(CSCc1nc2scc(-c3cccs3)c2c(=O)[nH]1)Nc1ccc2c(c1)NC(=O)CO2. The average Bonchev–Trinajstić information content (AvgIpc) is 3.43. The van der Waals surface area contributed by atoms with Crippen LogP contribution in [0.4, 0.5) is 11.4 Å². The first-order chi connectivity index (χ1) is 15.6. The summed E-state index contributed by atoms with van der Waals surface area (Å²) >= 11 is 4.38. The third kappa shape index (κ3) is 4.27. The van der Waals surface area contributed by atoms with Crippen LogP contribution < -0.4 is 20.9 Å². The van der Waals surface area contributed by atoms with Crippen molar-refractivity contribution in [1.82, 2.24) is 9.97 Å². The van der Waals surface area contributed by atoms with Gasteiger partial charge in [-0.15, -0.1) is 34.4 Å². The molecule has 4 heterocycles. The minimum atomic E-state index is -0.233. The lowest BCUT2D eigenvalue weighted by molar-refractivity contribution is -0.118. The van der Waals surface area contributed by atoms with Gasteiger partial charge in [0.1, 0.15) is 16.4 Å². The molecule has 162 valence electrons. The number of thiophene rings is 2. The molecule has 3 N–H and O–H groups in total. The van der Waals surface area contributed by atoms with Crippen LogP contribution in [0.2, 0.25) is 0 Å². The zero-order valence-electron chi connectivity index (χ0n) is 16.5. The summed E-state index contributed by atoms with van der Waals surface area (Å²) in [6.07, 6.45) is 0. The Morgan fingerprint density at radius 3 is 3.00 bits per heavy atom. The van der Waals surface area contributed by atoms with Gasteiger partial charge in [0, 0.05) is 21.5 Å². The average molecular weight is 485 g/mol. The summed E-state index contributed by atoms with van der Waals surface area (Å²) in [7, 11) is 0. The van der Waals surface area contributed by atoms with Crippen LogP contribution in [0.5, 0.6) is 5.75 Å². The van der Waals surface area contributed by atoms with Crippen LogP contribution in [-0.2, 0) is 15.3 Å². The highest BCUT2D eigenvalue weighted by molar-refractivity contribution is 7.99. The van der Waals surface area contributed by atoms with Gasteiger partial charge in [0.2, 0.25) is 5.91 Å². The lowest BCUT2D eigenvalue weighted by Gasteiger charge is -2.18. The fraction of sp³-hybridized carbons (Fsp3) is 0.143. The second-order valence-corrected chi connectivity index (χ2v) is 9.70. The van der Waals surface area contributed by atoms with Crippen molar-refractivity contribution in [2.45, 2.75) is 5.75 Å². The van der Waals surface area contributed by atoms with Crippen molar-refractivity contribution in [1.29, 1.82) is 0 Å². The summed E-state index contributed by atoms with van der Waals surface area (Å²) in [4.78, 5) is 45.5. The van der Waals surface area contributed by atoms with Crippen molar-refractivity contribution in [2.75, 3.05) is 23.0 Å². The summed E-state index contributed by atoms with van der Waals surface area (Å²) in [6.45, 7) is -0.0158. The van der Waals surface area contributed by atoms with E-state index < -0.39 is 0 Å². The summed E-state index contributed by atoms with van der Waals surface area (Å²) < 4.78 is 5.31. The topological polar surface area (TPSA) is 113 Å². The second-order valence-electron chi connectivity index (χ2n) is 6.91. The molecule has 4 aromatic rings. The van der Waals surface area contributed by atoms with E-state index in [-0.39, 0.29) is 29.7 Å². The molecule has 8 nitrogen and oxygen atoms in total. The number of nitrogens with zero attached hydrogens (tertiary/aromatic N) is 1. The van der Waals surface area contributed by atoms with Crippen LogP contribution in [0.3, 0.4) is 0 Å². The van der Waals surface area contributed by atoms with Crippen LogP contribution >= 0.6 is 34.4 Å². The van der Waals surface area contributed by atoms with Crippen molar-refractivity contribution in [3.8, 4) is 16.2 Å². The van der Waals surface area contributed by atoms with Crippen molar-refractivity contribution in [3.63, 3.8) is 0 Å². The monoisotopic (exact) mass is 484 g/mol. The first-order valence-electron chi connectivity index (χ1n) is 9.55. The zero-order chi connectivity index (χ0) is 22.1. The number of anilines is 2. The first-order valence-corrected chi connectivity index (χ1v) is 12.5. The van der Waals surface area contributed by atoms with Crippen LogP contribution in [0, 0.1) is 0 Å². The molecule has 0 fully saturated rings. The number of aromatic amines is 1. The van der Waals surface area contributed by atoms with Crippen molar-refractivity contribution in [3.05, 3.63) is 57.3 Å². The Morgan fingerprint density at radius 1 is 1.25 bits per heavy atom. The quantitative estimate of drug-likeness (QED) is 0.382. The predicted octanol–water partition coefficient (Wildman–Crippen LogP) is 3.92. The molecule has 5 rings (SSSR count). The molecule has 2 amide bonds. The third-order valence-electron chi connectivity index (χ3n) is 4.65. The standard InChI is InChI=1S/C21H16N4O4S3/c26-17-7-29-14-4-3-11(6-13(14)23-17)22-18(27)10-30-9-16-24-20(28)19-12(8-32-21(19)25-16)15-2-1-5-31-15/h1-6,8H,7,9-10H2,(H,22,27)(H,23,26)(H,24,25,28). The van der Waals surface area contributed by atoms with Crippen molar-refractivity contribution >= 4 is 67.8 Å². The van der Waals surface area contributed by atoms with E-state index in [4.69, 9.17) is 4.74 Å². The number of fused-ring (bicyclic) bond motifs is 2. The first kappa shape index (κ1) is 20.7. The Kier molecular flexibility index (Phi) is 5.68. The smallest absolute Gasteiger partial charge is 0.262 e. The molecule has 32 heavy (non-hydrogen) atoms. The molecule has 0 bridgehead atoms. The summed E-state index contributed by atoms with van der Waals surface area (Å²) in [5, 5.41) is 10.0. The molecule has 0 aliphatic carbocycles. The fourth-order valence-electron chi connectivity index (χ4n) is 3.27. The van der Waals surface area contributed by atoms with Crippen LogP contribution in [-0.4, -0.2) is 34.1 Å². The molecule has 1 aromatic carbocycles. The number of nitrogens with one attached hydrogen (secondary N) is 3. The van der Waals surface area contributed by atoms with Gasteiger partial charge in [0.05, 0.1) is 22.6 Å². The molecule has 1 aliphatic heterocycles. The number of carbonyl (C=O) groups is 2. The Morgan fingerprint density at radius 2 is 2.16 bits per heavy atom. The van der Waals surface area contributed by atoms with Crippen molar-refractivity contribution in [2.24, 2.45) is 0 Å². The van der Waals surface area contributed by atoms with E-state index in [1.54, 1.807) is 29.5 Å². The van der Waals surface area contributed by atoms with Gasteiger partial charge in [-0.05, 0) is 29.6 Å². The van der Waals surface area contributed by atoms with Gasteiger partial charge in [-0.1, -0.05) is 6.07 Å². The van der Waals surface area contributed by atoms with Crippen molar-refractivity contribution < 1.29 is 14.3 Å². The van der Waals surface area contributed by atoms with Gasteiger partial charge in [-0.2, -0.15) is 0 Å². The number of thioether (sulfide) groups is 1. The molecule has 1 aliphatic rings. The number of amides is 2. The molecule has 0 atom stereocenters. The van der Waals surface area contributed by atoms with E-state index in [1.165, 1.54) is 23.1 Å². The highest BCUT2D eigenvalue weighted by Gasteiger charge is 2.17. The molecule has 3 aromatic heterocycles. The van der Waals surface area contributed by atoms with E-state index in [0.29, 0.717) is 38.9 Å². The van der Waals surface area contributed by atoms with Gasteiger partial charge in [-0.3, -0.25) is 14.4 Å². The van der Waals surface area contributed by atoms with E-state index >= 15 is 0 Å². The molecular weight excluding hydrogens is 468 g/mol. The van der Waals surface area contributed by atoms with Gasteiger partial charge < -0.3 is 20.4 Å². The maximum atomic E-state index is 12.6. The van der Waals surface area contributed by atoms with Crippen LogP contribution in [0.15, 0.2) is 45.9 Å². The lowest BCUT2D eigenvalue weighted by Crippen LogP contribution is -2.25. The molecule has 0 unspecified atom stereocenters. The Hall–Kier alpha value is -3.15. The highest BCUT2D eigenvalue weighted by Crippen LogP contribution is 2.34. The molecular formula is C21H16N4O4S3. The van der Waals surface area contributed by atoms with E-state index in [1.807, 2.05) is 22.9 Å². The van der Waals surface area contributed by atoms with Gasteiger partial charge in [-0.25, -0.2) is 4.98 Å². The maximum absolute atomic E-state index is 12.6. The van der Waals surface area contributed by atoms with Gasteiger partial charge in [0.25, 0.3) is 11.5 Å². The number of hydrogen-bond donors (Lipinski definition) is 3. The summed E-state index contributed by atoms with van der Waals surface area (Å²) in [5.41, 5.74) is 1.82. The van der Waals surface area contributed by atoms with Crippen LogP contribution in [0.1, 0.15) is 5.82 Å². The number of ether oxygens (including phenoxy) is 1. The largest absolute Gasteiger partial charge is 0.482 e. The van der Waals surface area contributed by atoms with E-state index in [0.717, 1.165) is 10.4 Å². The van der Waals surface area contributed by atoms with Gasteiger partial charge >= 0.3 is 0 Å². The lowest BCUT2D eigenvalue weighted by atomic mass is 10.2. The van der Waals surface area contributed by atoms with E-state index in [9.17, 15) is 14.4 Å². The van der Waals surface area contributed by atoms with E-state index in [2.05, 4.69) is 20.6 Å². The maximum Gasteiger partial charge on any atom is 0.262 e. The van der Waals surface area contributed by atoms with Crippen LogP contribution in [0.25, 0.3) is 20.7 Å². The number of hydrogen-bond acceptors (Lipinski definition) is 8. The zero-order valence-corrected chi connectivity index (χ0v) is 18.9. The Labute approximate surface area is 194 Å². The summed E-state index contributed by atoms with van der Waals surface area (Å²) in [6, 6.07) is 9.01. The second kappa shape index (κ2) is 8.77. The minimum absolute atomic E-state index is 0.0158. The Bertz CT molecular complexity index is 1380. The molecule has 0 radical (unpaired) electrons. The third-order valence-corrected chi connectivity index (χ3v) is 7.37. The summed E-state index contributed by atoms with van der Waals surface area (Å²) in [5.74, 6) is 1.26. The highest BCUT2D eigenvalue weighted by atomic mass is 32.2. The molecule has 0 saturated heterocycles. The predicted molar refractivity (Wildman–Crippen MR) is 129 cm³/mol. The number of aromatic nitrogens is 2. The number of H-pyrrole nitrogens is 1. The number of benzene rings is 1.